The summed E-state index contributed by atoms with van der Waals surface area (Å²) in [5, 5.41) is 0.437. The Morgan fingerprint density at radius 3 is 2.03 bits per heavy atom. The van der Waals surface area contributed by atoms with Crippen molar-refractivity contribution in [3.8, 4) is 5.75 Å². The van der Waals surface area contributed by atoms with Gasteiger partial charge in [0.2, 0.25) is 0 Å². The van der Waals surface area contributed by atoms with Crippen molar-refractivity contribution in [2.75, 3.05) is 4.72 Å². The van der Waals surface area contributed by atoms with Gasteiger partial charge in [0.15, 0.2) is 0 Å². The van der Waals surface area contributed by atoms with Crippen molar-refractivity contribution in [1.82, 2.24) is 10.9 Å². The highest BCUT2D eigenvalue weighted by Gasteiger charge is 2.17. The number of benzene rings is 3. The summed E-state index contributed by atoms with van der Waals surface area (Å²) in [5.74, 6) is -1.82. The van der Waals surface area contributed by atoms with Crippen molar-refractivity contribution < 1.29 is 31.5 Å². The van der Waals surface area contributed by atoms with E-state index in [1.165, 1.54) is 60.7 Å². The maximum Gasteiger partial charge on any atom is 0.387 e. The molecular formula is C21H16ClF2N3O5S. The predicted molar refractivity (Wildman–Crippen MR) is 117 cm³/mol. The van der Waals surface area contributed by atoms with Crippen LogP contribution >= 0.6 is 11.6 Å². The van der Waals surface area contributed by atoms with Crippen LogP contribution in [0.5, 0.6) is 5.75 Å². The van der Waals surface area contributed by atoms with Gasteiger partial charge in [-0.05, 0) is 60.7 Å². The molecule has 0 saturated carbocycles. The molecule has 0 heterocycles. The fourth-order valence-corrected chi connectivity index (χ4v) is 3.84. The van der Waals surface area contributed by atoms with E-state index in [1.54, 1.807) is 0 Å². The molecule has 3 N–H and O–H groups in total. The van der Waals surface area contributed by atoms with Crippen LogP contribution in [0.4, 0.5) is 14.5 Å². The summed E-state index contributed by atoms with van der Waals surface area (Å²) in [5.41, 5.74) is 4.44. The molecule has 0 saturated heterocycles. The second-order valence-corrected chi connectivity index (χ2v) is 8.57. The van der Waals surface area contributed by atoms with E-state index in [1.807, 2.05) is 0 Å². The Kier molecular flexibility index (Phi) is 7.46. The number of hydrazine groups is 1. The van der Waals surface area contributed by atoms with Crippen molar-refractivity contribution in [1.29, 1.82) is 0 Å². The number of halogens is 3. The molecule has 8 nitrogen and oxygen atoms in total. The summed E-state index contributed by atoms with van der Waals surface area (Å²) in [6.07, 6.45) is 0. The molecular weight excluding hydrogens is 480 g/mol. The molecule has 3 aromatic carbocycles. The minimum atomic E-state index is -4.01. The summed E-state index contributed by atoms with van der Waals surface area (Å²) in [6, 6.07) is 16.1. The summed E-state index contributed by atoms with van der Waals surface area (Å²) in [4.78, 5) is 24.4. The van der Waals surface area contributed by atoms with E-state index in [2.05, 4.69) is 20.3 Å². The van der Waals surface area contributed by atoms with Crippen LogP contribution in [0.2, 0.25) is 5.02 Å². The van der Waals surface area contributed by atoms with Crippen molar-refractivity contribution in [2.45, 2.75) is 11.5 Å². The average molecular weight is 496 g/mol. The van der Waals surface area contributed by atoms with E-state index in [-0.39, 0.29) is 27.5 Å². The van der Waals surface area contributed by atoms with E-state index in [0.29, 0.717) is 5.02 Å². The molecule has 2 amide bonds. The summed E-state index contributed by atoms with van der Waals surface area (Å²) >= 11 is 5.79. The van der Waals surface area contributed by atoms with Gasteiger partial charge in [-0.2, -0.15) is 8.78 Å². The molecule has 3 rings (SSSR count). The first-order valence-electron chi connectivity index (χ1n) is 9.18. The van der Waals surface area contributed by atoms with Gasteiger partial charge < -0.3 is 4.74 Å². The van der Waals surface area contributed by atoms with Gasteiger partial charge in [-0.25, -0.2) is 8.42 Å². The predicted octanol–water partition coefficient (Wildman–Crippen LogP) is 3.82. The SMILES string of the molecule is O=C(NNC(=O)c1cccc(S(=O)(=O)Nc2ccc(Cl)cc2)c1)c1cccc(OC(F)F)c1. The van der Waals surface area contributed by atoms with Crippen LogP contribution in [0.15, 0.2) is 77.7 Å². The van der Waals surface area contributed by atoms with Gasteiger partial charge >= 0.3 is 6.61 Å². The van der Waals surface area contributed by atoms with Gasteiger partial charge in [-0.1, -0.05) is 23.7 Å². The second kappa shape index (κ2) is 10.3. The monoisotopic (exact) mass is 495 g/mol. The first-order chi connectivity index (χ1) is 15.6. The molecule has 172 valence electrons. The summed E-state index contributed by atoms with van der Waals surface area (Å²) in [7, 11) is -4.01. The third kappa shape index (κ3) is 6.64. The first-order valence-corrected chi connectivity index (χ1v) is 11.0. The molecule has 3 aromatic rings. The lowest BCUT2D eigenvalue weighted by Gasteiger charge is -2.11. The standard InChI is InChI=1S/C21H16ClF2N3O5S/c22-15-7-9-16(10-8-15)27-33(30,31)18-6-2-4-14(12-18)20(29)26-25-19(28)13-3-1-5-17(11-13)32-21(23)24/h1-12,21,27H,(H,25,28)(H,26,29). The smallest absolute Gasteiger partial charge is 0.387 e. The van der Waals surface area contributed by atoms with E-state index in [4.69, 9.17) is 11.6 Å². The number of amides is 2. The van der Waals surface area contributed by atoms with Crippen molar-refractivity contribution >= 4 is 39.1 Å². The lowest BCUT2D eigenvalue weighted by Crippen LogP contribution is -2.41. The molecule has 0 unspecified atom stereocenters. The van der Waals surface area contributed by atoms with Gasteiger partial charge in [-0.3, -0.25) is 25.2 Å². The van der Waals surface area contributed by atoms with E-state index >= 15 is 0 Å². The minimum Gasteiger partial charge on any atom is -0.435 e. The zero-order chi connectivity index (χ0) is 24.0. The Labute approximate surface area is 192 Å². The maximum absolute atomic E-state index is 12.6. The number of carbonyl (C=O) groups excluding carboxylic acids is 2. The minimum absolute atomic E-state index is 0.0445. The second-order valence-electron chi connectivity index (χ2n) is 6.45. The van der Waals surface area contributed by atoms with E-state index in [9.17, 15) is 26.8 Å². The number of hydrogen-bond acceptors (Lipinski definition) is 5. The fraction of sp³-hybridized carbons (Fsp3) is 0.0476. The van der Waals surface area contributed by atoms with Crippen molar-refractivity contribution in [2.24, 2.45) is 0 Å². The molecule has 0 spiro atoms. The van der Waals surface area contributed by atoms with Gasteiger partial charge in [0, 0.05) is 21.8 Å². The zero-order valence-electron chi connectivity index (χ0n) is 16.6. The normalized spacial score (nSPS) is 11.0. The molecule has 0 atom stereocenters. The first kappa shape index (κ1) is 24.0. The molecule has 0 fully saturated rings. The van der Waals surface area contributed by atoms with Crippen LogP contribution in [0.1, 0.15) is 20.7 Å². The van der Waals surface area contributed by atoms with E-state index in [0.717, 1.165) is 12.1 Å². The van der Waals surface area contributed by atoms with Gasteiger partial charge in [0.1, 0.15) is 5.75 Å². The highest BCUT2D eigenvalue weighted by Crippen LogP contribution is 2.19. The molecule has 0 aromatic heterocycles. The molecule has 0 radical (unpaired) electrons. The van der Waals surface area contributed by atoms with Gasteiger partial charge in [0.05, 0.1) is 4.90 Å². The Balaban J connectivity index is 1.67. The fourth-order valence-electron chi connectivity index (χ4n) is 2.61. The van der Waals surface area contributed by atoms with Crippen LogP contribution in [-0.2, 0) is 10.0 Å². The number of rotatable bonds is 7. The highest BCUT2D eigenvalue weighted by molar-refractivity contribution is 7.92. The topological polar surface area (TPSA) is 114 Å². The van der Waals surface area contributed by atoms with Crippen molar-refractivity contribution in [3.63, 3.8) is 0 Å². The molecule has 0 aliphatic heterocycles. The number of ether oxygens (including phenoxy) is 1. The third-order valence-electron chi connectivity index (χ3n) is 4.11. The Hall–Kier alpha value is -3.70. The Bertz CT molecular complexity index is 1270. The van der Waals surface area contributed by atoms with E-state index < -0.39 is 28.4 Å². The van der Waals surface area contributed by atoms with Gasteiger partial charge in [0.25, 0.3) is 21.8 Å². The molecule has 12 heteroatoms. The largest absolute Gasteiger partial charge is 0.435 e. The van der Waals surface area contributed by atoms with Crippen LogP contribution in [0.3, 0.4) is 0 Å². The summed E-state index contributed by atoms with van der Waals surface area (Å²) < 4.78 is 56.4. The molecule has 33 heavy (non-hydrogen) atoms. The molecule has 0 aliphatic carbocycles. The molecule has 0 aliphatic rings. The number of nitrogens with one attached hydrogen (secondary N) is 3. The number of hydrogen-bond donors (Lipinski definition) is 3. The lowest BCUT2D eigenvalue weighted by molar-refractivity contribution is -0.0498. The van der Waals surface area contributed by atoms with Crippen LogP contribution in [0, 0.1) is 0 Å². The number of alkyl halides is 2. The van der Waals surface area contributed by atoms with Crippen LogP contribution < -0.4 is 20.3 Å². The van der Waals surface area contributed by atoms with Crippen LogP contribution in [0.25, 0.3) is 0 Å². The number of carbonyl (C=O) groups is 2. The maximum atomic E-state index is 12.6. The highest BCUT2D eigenvalue weighted by atomic mass is 35.5. The third-order valence-corrected chi connectivity index (χ3v) is 5.74. The average Bonchev–Trinajstić information content (AvgIpc) is 2.78. The quantitative estimate of drug-likeness (QED) is 0.431. The summed E-state index contributed by atoms with van der Waals surface area (Å²) in [6.45, 7) is -3.05. The Morgan fingerprint density at radius 1 is 0.848 bits per heavy atom. The van der Waals surface area contributed by atoms with Gasteiger partial charge in [-0.15, -0.1) is 0 Å². The number of anilines is 1. The molecule has 0 bridgehead atoms. The van der Waals surface area contributed by atoms with Crippen LogP contribution in [-0.4, -0.2) is 26.8 Å². The zero-order valence-corrected chi connectivity index (χ0v) is 18.2. The van der Waals surface area contributed by atoms with Crippen molar-refractivity contribution in [3.05, 3.63) is 88.9 Å². The lowest BCUT2D eigenvalue weighted by atomic mass is 10.2. The number of sulfonamides is 1. The Morgan fingerprint density at radius 2 is 1.42 bits per heavy atom.